The highest BCUT2D eigenvalue weighted by Crippen LogP contribution is 2.20. The number of ether oxygens (including phenoxy) is 1. The van der Waals surface area contributed by atoms with Crippen LogP contribution < -0.4 is 10.1 Å². The topological polar surface area (TPSA) is 41.6 Å². The van der Waals surface area contributed by atoms with Crippen LogP contribution in [0.1, 0.15) is 39.2 Å². The molecule has 24 heavy (non-hydrogen) atoms. The molecular weight excluding hydrogens is 300 g/mol. The van der Waals surface area contributed by atoms with Crippen molar-refractivity contribution < 1.29 is 9.53 Å². The maximum atomic E-state index is 13.0. The van der Waals surface area contributed by atoms with Gasteiger partial charge >= 0.3 is 0 Å². The lowest BCUT2D eigenvalue weighted by atomic mass is 9.93. The van der Waals surface area contributed by atoms with Crippen LogP contribution in [0.2, 0.25) is 0 Å². The van der Waals surface area contributed by atoms with Gasteiger partial charge in [0.2, 0.25) is 5.91 Å². The summed E-state index contributed by atoms with van der Waals surface area (Å²) in [4.78, 5) is 15.0. The summed E-state index contributed by atoms with van der Waals surface area (Å²) in [5, 5.41) is 3.36. The Morgan fingerprint density at radius 1 is 1.29 bits per heavy atom. The van der Waals surface area contributed by atoms with Crippen molar-refractivity contribution in [2.75, 3.05) is 33.3 Å². The van der Waals surface area contributed by atoms with E-state index in [1.807, 2.05) is 12.1 Å². The van der Waals surface area contributed by atoms with Gasteiger partial charge in [0, 0.05) is 19.6 Å². The number of benzene rings is 1. The van der Waals surface area contributed by atoms with Crippen molar-refractivity contribution in [3.8, 4) is 5.75 Å². The van der Waals surface area contributed by atoms with Crippen molar-refractivity contribution in [2.24, 2.45) is 11.3 Å². The molecule has 1 aliphatic heterocycles. The van der Waals surface area contributed by atoms with E-state index in [9.17, 15) is 4.79 Å². The number of amides is 1. The quantitative estimate of drug-likeness (QED) is 0.870. The molecule has 1 fully saturated rings. The number of hydrogen-bond donors (Lipinski definition) is 1. The van der Waals surface area contributed by atoms with Gasteiger partial charge in [-0.15, -0.1) is 0 Å². The van der Waals surface area contributed by atoms with E-state index in [4.69, 9.17) is 4.74 Å². The maximum Gasteiger partial charge on any atom is 0.226 e. The molecule has 4 heteroatoms. The molecule has 134 valence electrons. The van der Waals surface area contributed by atoms with Gasteiger partial charge in [0.15, 0.2) is 0 Å². The van der Waals surface area contributed by atoms with Crippen molar-refractivity contribution in [3.63, 3.8) is 0 Å². The van der Waals surface area contributed by atoms with Crippen LogP contribution in [0.25, 0.3) is 0 Å². The van der Waals surface area contributed by atoms with Crippen molar-refractivity contribution in [3.05, 3.63) is 29.8 Å². The Balaban J connectivity index is 2.00. The molecule has 0 radical (unpaired) electrons. The zero-order valence-electron chi connectivity index (χ0n) is 15.6. The van der Waals surface area contributed by atoms with Crippen LogP contribution in [0.15, 0.2) is 24.3 Å². The first-order valence-corrected chi connectivity index (χ1v) is 9.01. The van der Waals surface area contributed by atoms with E-state index in [1.54, 1.807) is 7.11 Å². The predicted octanol–water partition coefficient (Wildman–Crippen LogP) is 3.11. The molecule has 1 aromatic carbocycles. The van der Waals surface area contributed by atoms with Crippen molar-refractivity contribution >= 4 is 5.91 Å². The molecule has 2 rings (SSSR count). The van der Waals surface area contributed by atoms with E-state index in [-0.39, 0.29) is 11.3 Å². The van der Waals surface area contributed by atoms with Gasteiger partial charge in [-0.3, -0.25) is 4.79 Å². The molecule has 1 aliphatic rings. The van der Waals surface area contributed by atoms with E-state index in [2.05, 4.69) is 43.1 Å². The molecule has 1 aromatic rings. The average molecular weight is 332 g/mol. The second-order valence-corrected chi connectivity index (χ2v) is 7.96. The highest BCUT2D eigenvalue weighted by molar-refractivity contribution is 5.79. The van der Waals surface area contributed by atoms with E-state index >= 15 is 0 Å². The Bertz CT molecular complexity index is 513. The Morgan fingerprint density at radius 3 is 2.54 bits per heavy atom. The van der Waals surface area contributed by atoms with Crippen molar-refractivity contribution in [1.82, 2.24) is 10.2 Å². The molecule has 0 spiro atoms. The number of carbonyl (C=O) groups excluding carboxylic acids is 1. The lowest BCUT2D eigenvalue weighted by molar-refractivity contribution is -0.137. The molecule has 1 amide bonds. The standard InChI is InChI=1S/C20H32N2O2/c1-20(2,3)15-22(19(23)17-6-5-12-21-14-17)13-11-16-7-9-18(24-4)10-8-16/h7-10,17,21H,5-6,11-15H2,1-4H3. The smallest absolute Gasteiger partial charge is 0.226 e. The number of methoxy groups -OCH3 is 1. The van der Waals surface area contributed by atoms with Crippen LogP contribution in [-0.4, -0.2) is 44.1 Å². The van der Waals surface area contributed by atoms with E-state index in [1.165, 1.54) is 5.56 Å². The van der Waals surface area contributed by atoms with Crippen molar-refractivity contribution in [1.29, 1.82) is 0 Å². The maximum absolute atomic E-state index is 13.0. The van der Waals surface area contributed by atoms with Crippen LogP contribution in [0.5, 0.6) is 5.75 Å². The third kappa shape index (κ3) is 5.82. The molecule has 1 atom stereocenters. The van der Waals surface area contributed by atoms with E-state index < -0.39 is 0 Å². The van der Waals surface area contributed by atoms with Gasteiger partial charge < -0.3 is 15.0 Å². The molecule has 0 bridgehead atoms. The summed E-state index contributed by atoms with van der Waals surface area (Å²) in [5.74, 6) is 1.32. The second-order valence-electron chi connectivity index (χ2n) is 7.96. The Morgan fingerprint density at radius 2 is 2.00 bits per heavy atom. The number of carbonyl (C=O) groups is 1. The minimum atomic E-state index is 0.109. The third-order valence-corrected chi connectivity index (χ3v) is 4.45. The zero-order valence-corrected chi connectivity index (χ0v) is 15.6. The molecule has 1 N–H and O–H groups in total. The third-order valence-electron chi connectivity index (χ3n) is 4.45. The SMILES string of the molecule is COc1ccc(CCN(CC(C)(C)C)C(=O)C2CCCNC2)cc1. The van der Waals surface area contributed by atoms with Gasteiger partial charge in [-0.05, 0) is 48.9 Å². The van der Waals surface area contributed by atoms with Gasteiger partial charge in [0.05, 0.1) is 13.0 Å². The molecule has 1 unspecified atom stereocenters. The highest BCUT2D eigenvalue weighted by atomic mass is 16.5. The summed E-state index contributed by atoms with van der Waals surface area (Å²) in [6.45, 7) is 10.0. The number of rotatable bonds is 6. The minimum Gasteiger partial charge on any atom is -0.497 e. The number of nitrogens with zero attached hydrogens (tertiary/aromatic N) is 1. The normalized spacial score (nSPS) is 18.2. The first-order valence-electron chi connectivity index (χ1n) is 9.01. The summed E-state index contributed by atoms with van der Waals surface area (Å²) in [7, 11) is 1.68. The lowest BCUT2D eigenvalue weighted by Crippen LogP contribution is -2.46. The van der Waals surface area contributed by atoms with Gasteiger partial charge in [-0.2, -0.15) is 0 Å². The van der Waals surface area contributed by atoms with Gasteiger partial charge in [-0.1, -0.05) is 32.9 Å². The van der Waals surface area contributed by atoms with Gasteiger partial charge in [0.1, 0.15) is 5.75 Å². The molecule has 1 saturated heterocycles. The van der Waals surface area contributed by atoms with Gasteiger partial charge in [-0.25, -0.2) is 0 Å². The fraction of sp³-hybridized carbons (Fsp3) is 0.650. The van der Waals surface area contributed by atoms with Crippen LogP contribution in [0.4, 0.5) is 0 Å². The van der Waals surface area contributed by atoms with E-state index in [0.29, 0.717) is 5.91 Å². The zero-order chi connectivity index (χ0) is 17.6. The number of nitrogens with one attached hydrogen (secondary N) is 1. The summed E-state index contributed by atoms with van der Waals surface area (Å²) in [6.07, 6.45) is 2.99. The minimum absolute atomic E-state index is 0.109. The molecule has 0 aliphatic carbocycles. The van der Waals surface area contributed by atoms with Gasteiger partial charge in [0.25, 0.3) is 0 Å². The van der Waals surface area contributed by atoms with Crippen LogP contribution in [-0.2, 0) is 11.2 Å². The van der Waals surface area contributed by atoms with Crippen molar-refractivity contribution in [2.45, 2.75) is 40.0 Å². The molecular formula is C20H32N2O2. The fourth-order valence-corrected chi connectivity index (χ4v) is 3.22. The number of piperidine rings is 1. The first-order chi connectivity index (χ1) is 11.4. The summed E-state index contributed by atoms with van der Waals surface area (Å²) in [5.41, 5.74) is 1.35. The second kappa shape index (κ2) is 8.52. The van der Waals surface area contributed by atoms with Crippen LogP contribution >= 0.6 is 0 Å². The Kier molecular flexibility index (Phi) is 6.67. The summed E-state index contributed by atoms with van der Waals surface area (Å²) < 4.78 is 5.21. The monoisotopic (exact) mass is 332 g/mol. The fourth-order valence-electron chi connectivity index (χ4n) is 3.22. The first kappa shape index (κ1) is 18.8. The van der Waals surface area contributed by atoms with E-state index in [0.717, 1.165) is 51.2 Å². The molecule has 1 heterocycles. The predicted molar refractivity (Wildman–Crippen MR) is 98.3 cm³/mol. The molecule has 0 saturated carbocycles. The molecule has 0 aromatic heterocycles. The summed E-state index contributed by atoms with van der Waals surface area (Å²) in [6, 6.07) is 8.13. The average Bonchev–Trinajstić information content (AvgIpc) is 2.58. The highest BCUT2D eigenvalue weighted by Gasteiger charge is 2.28. The molecule has 4 nitrogen and oxygen atoms in total. The Labute approximate surface area is 146 Å². The largest absolute Gasteiger partial charge is 0.497 e. The lowest BCUT2D eigenvalue weighted by Gasteiger charge is -2.34. The van der Waals surface area contributed by atoms with Crippen LogP contribution in [0.3, 0.4) is 0 Å². The Hall–Kier alpha value is -1.55. The number of hydrogen-bond acceptors (Lipinski definition) is 3. The van der Waals surface area contributed by atoms with Crippen LogP contribution in [0, 0.1) is 11.3 Å². The summed E-state index contributed by atoms with van der Waals surface area (Å²) >= 11 is 0.